The van der Waals surface area contributed by atoms with Crippen molar-refractivity contribution in [1.29, 1.82) is 5.26 Å². The molecule has 1 heterocycles. The number of nitriles is 1. The maximum atomic E-state index is 12.6. The highest BCUT2D eigenvalue weighted by Gasteiger charge is 2.15. The molecule has 4 N–H and O–H groups in total. The number of allylic oxidation sites excluding steroid dienone is 3. The van der Waals surface area contributed by atoms with Gasteiger partial charge in [-0.2, -0.15) is 5.26 Å². The van der Waals surface area contributed by atoms with E-state index < -0.39 is 12.1 Å². The second kappa shape index (κ2) is 6.26. The van der Waals surface area contributed by atoms with Crippen LogP contribution in [0.5, 0.6) is 0 Å². The Bertz CT molecular complexity index is 796. The number of rotatable bonds is 4. The summed E-state index contributed by atoms with van der Waals surface area (Å²) in [7, 11) is 0. The van der Waals surface area contributed by atoms with Gasteiger partial charge < -0.3 is 16.0 Å². The Labute approximate surface area is 126 Å². The molecule has 0 spiro atoms. The summed E-state index contributed by atoms with van der Waals surface area (Å²) in [6, 6.07) is 7.11. The maximum absolute atomic E-state index is 12.6. The molecule has 0 aliphatic heterocycles. The van der Waals surface area contributed by atoms with Crippen LogP contribution in [-0.2, 0) is 6.54 Å². The summed E-state index contributed by atoms with van der Waals surface area (Å²) in [5.74, 6) is 0.429. The molecule has 0 radical (unpaired) electrons. The van der Waals surface area contributed by atoms with E-state index in [9.17, 15) is 8.78 Å². The molecule has 0 saturated carbocycles. The number of hydrogen-bond acceptors (Lipinski definition) is 4. The van der Waals surface area contributed by atoms with Gasteiger partial charge in [-0.05, 0) is 31.2 Å². The number of nitrogens with two attached hydrogens (primary N) is 2. The molecule has 1 aromatic carbocycles. The van der Waals surface area contributed by atoms with Crippen LogP contribution in [0, 0.1) is 11.3 Å². The molecule has 2 rings (SSSR count). The smallest absolute Gasteiger partial charge is 0.277 e. The Morgan fingerprint density at radius 2 is 2.23 bits per heavy atom. The minimum atomic E-state index is -2.76. The molecule has 2 aromatic rings. The van der Waals surface area contributed by atoms with Crippen LogP contribution >= 0.6 is 0 Å². The third-order valence-electron chi connectivity index (χ3n) is 3.21. The van der Waals surface area contributed by atoms with Gasteiger partial charge in [0, 0.05) is 18.3 Å². The zero-order valence-electron chi connectivity index (χ0n) is 11.9. The molecule has 1 aromatic heterocycles. The van der Waals surface area contributed by atoms with Crippen molar-refractivity contribution in [2.75, 3.05) is 0 Å². The maximum Gasteiger partial charge on any atom is 0.277 e. The van der Waals surface area contributed by atoms with E-state index in [4.69, 9.17) is 16.7 Å². The van der Waals surface area contributed by atoms with Gasteiger partial charge in [0.05, 0.1) is 28.4 Å². The first kappa shape index (κ1) is 15.5. The van der Waals surface area contributed by atoms with Crippen molar-refractivity contribution in [3.63, 3.8) is 0 Å². The van der Waals surface area contributed by atoms with Gasteiger partial charge in [0.2, 0.25) is 0 Å². The second-order valence-electron chi connectivity index (χ2n) is 4.56. The number of aromatic nitrogens is 2. The molecule has 0 bridgehead atoms. The van der Waals surface area contributed by atoms with Crippen LogP contribution in [0.25, 0.3) is 16.6 Å². The van der Waals surface area contributed by atoms with E-state index in [1.54, 1.807) is 22.8 Å². The molecule has 0 unspecified atom stereocenters. The topological polar surface area (TPSA) is 93.7 Å². The molecule has 22 heavy (non-hydrogen) atoms. The number of hydrogen-bond donors (Lipinski definition) is 2. The fourth-order valence-corrected chi connectivity index (χ4v) is 2.16. The minimum Gasteiger partial charge on any atom is -0.404 e. The predicted octanol–water partition coefficient (Wildman–Crippen LogP) is 2.34. The molecule has 0 saturated heterocycles. The monoisotopic (exact) mass is 303 g/mol. The summed E-state index contributed by atoms with van der Waals surface area (Å²) in [4.78, 5) is 4.40. The van der Waals surface area contributed by atoms with Crippen LogP contribution in [0.4, 0.5) is 8.78 Å². The first-order chi connectivity index (χ1) is 10.5. The average molecular weight is 303 g/mol. The van der Waals surface area contributed by atoms with Gasteiger partial charge in [0.15, 0.2) is 0 Å². The van der Waals surface area contributed by atoms with E-state index in [1.165, 1.54) is 6.20 Å². The minimum absolute atomic E-state index is 0.300. The van der Waals surface area contributed by atoms with Crippen molar-refractivity contribution in [1.82, 2.24) is 9.55 Å². The summed E-state index contributed by atoms with van der Waals surface area (Å²) >= 11 is 0. The normalized spacial score (nSPS) is 12.9. The lowest BCUT2D eigenvalue weighted by Gasteiger charge is -2.07. The molecular formula is C15H15F2N5. The van der Waals surface area contributed by atoms with E-state index in [1.807, 2.05) is 6.92 Å². The van der Waals surface area contributed by atoms with Crippen molar-refractivity contribution in [3.8, 4) is 6.07 Å². The summed E-state index contributed by atoms with van der Waals surface area (Å²) < 4.78 is 27.0. The zero-order chi connectivity index (χ0) is 16.3. The molecule has 0 aliphatic carbocycles. The lowest BCUT2D eigenvalue weighted by atomic mass is 10.2. The van der Waals surface area contributed by atoms with Gasteiger partial charge in [-0.25, -0.2) is 13.8 Å². The van der Waals surface area contributed by atoms with Gasteiger partial charge >= 0.3 is 0 Å². The highest BCUT2D eigenvalue weighted by Crippen LogP contribution is 2.24. The van der Waals surface area contributed by atoms with E-state index in [-0.39, 0.29) is 0 Å². The number of fused-ring (bicyclic) bond motifs is 1. The first-order valence-electron chi connectivity index (χ1n) is 6.59. The highest BCUT2D eigenvalue weighted by molar-refractivity contribution is 5.83. The average Bonchev–Trinajstić information content (AvgIpc) is 2.89. The molecule has 0 aliphatic rings. The predicted molar refractivity (Wildman–Crippen MR) is 80.6 cm³/mol. The van der Waals surface area contributed by atoms with Gasteiger partial charge in [0.1, 0.15) is 5.82 Å². The van der Waals surface area contributed by atoms with Gasteiger partial charge in [-0.15, -0.1) is 0 Å². The first-order valence-corrected chi connectivity index (χ1v) is 6.59. The number of halogens is 2. The molecule has 114 valence electrons. The van der Waals surface area contributed by atoms with E-state index >= 15 is 0 Å². The Kier molecular flexibility index (Phi) is 4.41. The number of imidazole rings is 1. The lowest BCUT2D eigenvalue weighted by molar-refractivity contribution is 0.188. The van der Waals surface area contributed by atoms with Crippen molar-refractivity contribution >= 4 is 16.6 Å². The van der Waals surface area contributed by atoms with E-state index in [0.717, 1.165) is 11.6 Å². The summed E-state index contributed by atoms with van der Waals surface area (Å²) in [5.41, 5.74) is 12.4. The SMILES string of the molecule is CCn1c(C(/C=C(\N)C(F)F)=C/N)nc2ccc(C#N)cc21. The number of alkyl halides is 2. The molecule has 5 nitrogen and oxygen atoms in total. The molecule has 0 atom stereocenters. The van der Waals surface area contributed by atoms with Crippen molar-refractivity contribution in [2.24, 2.45) is 11.5 Å². The number of nitrogens with zero attached hydrogens (tertiary/aromatic N) is 3. The number of aryl methyl sites for hydroxylation is 1. The number of benzene rings is 1. The molecule has 0 fully saturated rings. The van der Waals surface area contributed by atoms with Crippen LogP contribution in [-0.4, -0.2) is 16.0 Å². The van der Waals surface area contributed by atoms with E-state index in [0.29, 0.717) is 29.0 Å². The van der Waals surface area contributed by atoms with Crippen LogP contribution < -0.4 is 11.5 Å². The van der Waals surface area contributed by atoms with Crippen molar-refractivity contribution in [2.45, 2.75) is 19.9 Å². The molecule has 7 heteroatoms. The Morgan fingerprint density at radius 1 is 1.50 bits per heavy atom. The largest absolute Gasteiger partial charge is 0.404 e. The van der Waals surface area contributed by atoms with Crippen LogP contribution in [0.2, 0.25) is 0 Å². The second-order valence-corrected chi connectivity index (χ2v) is 4.56. The van der Waals surface area contributed by atoms with Crippen LogP contribution in [0.1, 0.15) is 18.3 Å². The van der Waals surface area contributed by atoms with E-state index in [2.05, 4.69) is 11.1 Å². The third-order valence-corrected chi connectivity index (χ3v) is 3.21. The lowest BCUT2D eigenvalue weighted by Crippen LogP contribution is -2.09. The summed E-state index contributed by atoms with van der Waals surface area (Å²) in [6.45, 7) is 2.43. The zero-order valence-corrected chi connectivity index (χ0v) is 11.9. The fourth-order valence-electron chi connectivity index (χ4n) is 2.16. The van der Waals surface area contributed by atoms with Gasteiger partial charge in [0.25, 0.3) is 6.43 Å². The van der Waals surface area contributed by atoms with Crippen LogP contribution in [0.3, 0.4) is 0 Å². The Morgan fingerprint density at radius 3 is 2.77 bits per heavy atom. The summed E-state index contributed by atoms with van der Waals surface area (Å²) in [5, 5.41) is 8.98. The molecule has 0 amide bonds. The van der Waals surface area contributed by atoms with Gasteiger partial charge in [-0.3, -0.25) is 0 Å². The quantitative estimate of drug-likeness (QED) is 0.848. The third kappa shape index (κ3) is 2.76. The summed E-state index contributed by atoms with van der Waals surface area (Å²) in [6.07, 6.45) is -0.462. The van der Waals surface area contributed by atoms with Crippen molar-refractivity contribution < 1.29 is 8.78 Å². The fraction of sp³-hybridized carbons (Fsp3) is 0.200. The van der Waals surface area contributed by atoms with Crippen LogP contribution in [0.15, 0.2) is 36.2 Å². The standard InChI is InChI=1S/C15H15F2N5/c1-2-22-13-5-9(7-18)3-4-12(13)21-15(22)10(8-19)6-11(20)14(16)17/h3-6,8,14H,2,19-20H2,1H3/b10-8+,11-6-. The molecular weight excluding hydrogens is 288 g/mol. The Hall–Kier alpha value is -2.88. The van der Waals surface area contributed by atoms with Gasteiger partial charge in [-0.1, -0.05) is 0 Å². The van der Waals surface area contributed by atoms with Crippen molar-refractivity contribution in [3.05, 3.63) is 47.6 Å². The highest BCUT2D eigenvalue weighted by atomic mass is 19.3. The Balaban J connectivity index is 2.64.